The van der Waals surface area contributed by atoms with Crippen LogP contribution in [0.2, 0.25) is 0 Å². The van der Waals surface area contributed by atoms with Crippen molar-refractivity contribution in [3.05, 3.63) is 18.2 Å². The summed E-state index contributed by atoms with van der Waals surface area (Å²) >= 11 is 6.24. The molecule has 1 unspecified atom stereocenters. The van der Waals surface area contributed by atoms with Crippen LogP contribution in [0.3, 0.4) is 0 Å². The second-order valence-corrected chi connectivity index (χ2v) is 4.68. The van der Waals surface area contributed by atoms with E-state index in [-0.39, 0.29) is 5.38 Å². The molecule has 0 radical (unpaired) electrons. The van der Waals surface area contributed by atoms with E-state index in [0.717, 1.165) is 25.2 Å². The third-order valence-corrected chi connectivity index (χ3v) is 2.61. The van der Waals surface area contributed by atoms with Gasteiger partial charge in [0.05, 0.1) is 0 Å². The highest BCUT2D eigenvalue weighted by atomic mass is 35.5. The van der Waals surface area contributed by atoms with Gasteiger partial charge in [0.25, 0.3) is 0 Å². The Morgan fingerprint density at radius 2 is 2.21 bits per heavy atom. The van der Waals surface area contributed by atoms with E-state index in [1.165, 1.54) is 0 Å². The normalized spacial score (nSPS) is 13.5. The summed E-state index contributed by atoms with van der Waals surface area (Å²) < 4.78 is 2.15. The monoisotopic (exact) mass is 214 g/mol. The molecule has 1 aromatic heterocycles. The first-order valence-electron chi connectivity index (χ1n) is 5.27. The molecule has 14 heavy (non-hydrogen) atoms. The highest BCUT2D eigenvalue weighted by molar-refractivity contribution is 6.20. The Morgan fingerprint density at radius 1 is 1.50 bits per heavy atom. The Balaban J connectivity index is 2.51. The maximum atomic E-state index is 6.24. The van der Waals surface area contributed by atoms with Gasteiger partial charge in [-0.15, -0.1) is 11.6 Å². The van der Waals surface area contributed by atoms with Gasteiger partial charge in [-0.05, 0) is 19.3 Å². The van der Waals surface area contributed by atoms with E-state index in [0.29, 0.717) is 5.92 Å². The van der Waals surface area contributed by atoms with Crippen molar-refractivity contribution < 1.29 is 0 Å². The van der Waals surface area contributed by atoms with E-state index in [4.69, 9.17) is 11.6 Å². The highest BCUT2D eigenvalue weighted by Gasteiger charge is 2.11. The molecular weight excluding hydrogens is 196 g/mol. The van der Waals surface area contributed by atoms with Crippen molar-refractivity contribution in [2.45, 2.75) is 45.5 Å². The maximum absolute atomic E-state index is 6.24. The van der Waals surface area contributed by atoms with Gasteiger partial charge in [0.1, 0.15) is 5.82 Å². The lowest BCUT2D eigenvalue weighted by molar-refractivity contribution is 0.546. The maximum Gasteiger partial charge on any atom is 0.110 e. The molecule has 0 fully saturated rings. The van der Waals surface area contributed by atoms with Gasteiger partial charge in [-0.25, -0.2) is 4.98 Å². The van der Waals surface area contributed by atoms with Gasteiger partial charge >= 0.3 is 0 Å². The van der Waals surface area contributed by atoms with E-state index < -0.39 is 0 Å². The molecule has 0 saturated carbocycles. The summed E-state index contributed by atoms with van der Waals surface area (Å²) in [4.78, 5) is 4.31. The summed E-state index contributed by atoms with van der Waals surface area (Å²) in [6.45, 7) is 7.49. The molecule has 0 aliphatic rings. The summed E-state index contributed by atoms with van der Waals surface area (Å²) in [5.41, 5.74) is 0. The molecule has 0 spiro atoms. The second kappa shape index (κ2) is 5.40. The Hall–Kier alpha value is -0.500. The van der Waals surface area contributed by atoms with Gasteiger partial charge in [0.2, 0.25) is 0 Å². The molecule has 3 heteroatoms. The second-order valence-electron chi connectivity index (χ2n) is 4.06. The lowest BCUT2D eigenvalue weighted by Crippen LogP contribution is -2.11. The van der Waals surface area contributed by atoms with Crippen LogP contribution >= 0.6 is 11.6 Å². The molecule has 0 saturated heterocycles. The van der Waals surface area contributed by atoms with E-state index in [9.17, 15) is 0 Å². The molecule has 0 aliphatic heterocycles. The molecule has 1 atom stereocenters. The van der Waals surface area contributed by atoms with Crippen molar-refractivity contribution in [2.75, 3.05) is 0 Å². The fourth-order valence-electron chi connectivity index (χ4n) is 1.61. The molecule has 0 aromatic carbocycles. The number of hydrogen-bond acceptors (Lipinski definition) is 1. The number of aromatic nitrogens is 2. The summed E-state index contributed by atoms with van der Waals surface area (Å²) in [6, 6.07) is 0. The quantitative estimate of drug-likeness (QED) is 0.689. The van der Waals surface area contributed by atoms with Crippen molar-refractivity contribution in [2.24, 2.45) is 5.92 Å². The smallest absolute Gasteiger partial charge is 0.110 e. The Morgan fingerprint density at radius 3 is 2.79 bits per heavy atom. The van der Waals surface area contributed by atoms with Gasteiger partial charge in [-0.2, -0.15) is 0 Å². The fraction of sp³-hybridized carbons (Fsp3) is 0.727. The van der Waals surface area contributed by atoms with Crippen LogP contribution in [0.1, 0.15) is 33.0 Å². The van der Waals surface area contributed by atoms with Gasteiger partial charge in [0.15, 0.2) is 0 Å². The minimum Gasteiger partial charge on any atom is -0.335 e. The number of rotatable bonds is 5. The van der Waals surface area contributed by atoms with Crippen molar-refractivity contribution in [3.8, 4) is 0 Å². The summed E-state index contributed by atoms with van der Waals surface area (Å²) in [5.74, 6) is 1.76. The van der Waals surface area contributed by atoms with Crippen LogP contribution in [0.25, 0.3) is 0 Å². The van der Waals surface area contributed by atoms with Crippen LogP contribution in [0.4, 0.5) is 0 Å². The Bertz CT molecular complexity index is 268. The molecule has 1 heterocycles. The highest BCUT2D eigenvalue weighted by Crippen LogP contribution is 2.15. The van der Waals surface area contributed by atoms with Crippen LogP contribution in [-0.4, -0.2) is 14.9 Å². The zero-order valence-electron chi connectivity index (χ0n) is 9.20. The zero-order valence-corrected chi connectivity index (χ0v) is 9.96. The van der Waals surface area contributed by atoms with Crippen LogP contribution in [0, 0.1) is 5.92 Å². The average Bonchev–Trinajstić information content (AvgIpc) is 2.50. The van der Waals surface area contributed by atoms with E-state index in [1.807, 2.05) is 12.4 Å². The summed E-state index contributed by atoms with van der Waals surface area (Å²) in [6.07, 6.45) is 5.78. The van der Waals surface area contributed by atoms with Gasteiger partial charge in [0, 0.05) is 30.7 Å². The molecule has 0 amide bonds. The fourth-order valence-corrected chi connectivity index (χ4v) is 2.11. The topological polar surface area (TPSA) is 17.8 Å². The van der Waals surface area contributed by atoms with Crippen molar-refractivity contribution in [1.29, 1.82) is 0 Å². The largest absolute Gasteiger partial charge is 0.335 e. The molecule has 0 N–H and O–H groups in total. The molecule has 2 nitrogen and oxygen atoms in total. The molecule has 0 aliphatic carbocycles. The van der Waals surface area contributed by atoms with E-state index in [2.05, 4.69) is 30.3 Å². The van der Waals surface area contributed by atoms with Crippen LogP contribution in [-0.2, 0) is 13.0 Å². The first-order chi connectivity index (χ1) is 6.63. The summed E-state index contributed by atoms with van der Waals surface area (Å²) in [7, 11) is 0. The number of alkyl halides is 1. The lowest BCUT2D eigenvalue weighted by atomic mass is 10.1. The minimum atomic E-state index is 0.211. The van der Waals surface area contributed by atoms with E-state index in [1.54, 1.807) is 0 Å². The average molecular weight is 215 g/mol. The molecule has 1 rings (SSSR count). The third kappa shape index (κ3) is 3.33. The van der Waals surface area contributed by atoms with Crippen LogP contribution in [0.5, 0.6) is 0 Å². The molecule has 80 valence electrons. The number of halogens is 1. The number of nitrogens with zero attached hydrogens (tertiary/aromatic N) is 2. The third-order valence-electron chi connectivity index (χ3n) is 2.27. The first-order valence-corrected chi connectivity index (χ1v) is 5.71. The number of aryl methyl sites for hydroxylation is 1. The van der Waals surface area contributed by atoms with Gasteiger partial charge in [-0.3, -0.25) is 0 Å². The van der Waals surface area contributed by atoms with Crippen LogP contribution in [0.15, 0.2) is 12.4 Å². The van der Waals surface area contributed by atoms with Crippen molar-refractivity contribution in [1.82, 2.24) is 9.55 Å². The first kappa shape index (κ1) is 11.6. The van der Waals surface area contributed by atoms with Gasteiger partial charge in [-0.1, -0.05) is 13.8 Å². The zero-order chi connectivity index (χ0) is 10.6. The predicted octanol–water partition coefficient (Wildman–Crippen LogP) is 3.10. The predicted molar refractivity (Wildman–Crippen MR) is 60.7 cm³/mol. The Kier molecular flexibility index (Phi) is 4.46. The molecule has 0 bridgehead atoms. The summed E-state index contributed by atoms with van der Waals surface area (Å²) in [5, 5.41) is 0.211. The number of imidazole rings is 1. The van der Waals surface area contributed by atoms with Crippen molar-refractivity contribution >= 4 is 11.6 Å². The van der Waals surface area contributed by atoms with E-state index >= 15 is 0 Å². The van der Waals surface area contributed by atoms with Gasteiger partial charge < -0.3 is 4.57 Å². The lowest BCUT2D eigenvalue weighted by Gasteiger charge is -2.12. The minimum absolute atomic E-state index is 0.211. The van der Waals surface area contributed by atoms with Crippen molar-refractivity contribution in [3.63, 3.8) is 0 Å². The SMILES string of the molecule is CCn1ccnc1CC(Cl)CC(C)C. The molecule has 1 aromatic rings. The Labute approximate surface area is 91.3 Å². The van der Waals surface area contributed by atoms with Crippen LogP contribution < -0.4 is 0 Å². The standard InChI is InChI=1S/C11H19ClN2/c1-4-14-6-5-13-11(14)8-10(12)7-9(2)3/h5-6,9-10H,4,7-8H2,1-3H3. The molecular formula is C11H19ClN2. The number of hydrogen-bond donors (Lipinski definition) is 0.